The van der Waals surface area contributed by atoms with Crippen LogP contribution < -0.4 is 15.2 Å². The molecular formula is C31H49NO8. The summed E-state index contributed by atoms with van der Waals surface area (Å²) in [6.07, 6.45) is 3.84. The largest absolute Gasteiger partial charge is 0.468 e. The lowest BCUT2D eigenvalue weighted by Gasteiger charge is -2.30. The smallest absolute Gasteiger partial charge is 0.326 e. The summed E-state index contributed by atoms with van der Waals surface area (Å²) in [6, 6.07) is 4.74. The van der Waals surface area contributed by atoms with Gasteiger partial charge in [0, 0.05) is 12.8 Å². The molecule has 0 heterocycles. The van der Waals surface area contributed by atoms with Gasteiger partial charge < -0.3 is 24.7 Å². The number of hydrogen-bond acceptors (Lipinski definition) is 9. The van der Waals surface area contributed by atoms with Crippen molar-refractivity contribution < 1.29 is 38.1 Å². The van der Waals surface area contributed by atoms with E-state index in [1.54, 1.807) is 39.8 Å². The van der Waals surface area contributed by atoms with Crippen LogP contribution in [0.15, 0.2) is 18.2 Å². The molecule has 1 aromatic rings. The van der Waals surface area contributed by atoms with Crippen molar-refractivity contribution in [2.24, 2.45) is 23.5 Å². The molecule has 226 valence electrons. The van der Waals surface area contributed by atoms with Crippen molar-refractivity contribution in [2.75, 3.05) is 7.11 Å². The summed E-state index contributed by atoms with van der Waals surface area (Å²) in [4.78, 5) is 50.6. The molecule has 0 aliphatic rings. The molecule has 40 heavy (non-hydrogen) atoms. The zero-order chi connectivity index (χ0) is 30.5. The van der Waals surface area contributed by atoms with Crippen LogP contribution in [0.5, 0.6) is 11.5 Å². The molecule has 0 fully saturated rings. The number of esters is 4. The Morgan fingerprint density at radius 2 is 1.25 bits per heavy atom. The van der Waals surface area contributed by atoms with Crippen LogP contribution in [-0.2, 0) is 35.1 Å². The van der Waals surface area contributed by atoms with Crippen molar-refractivity contribution in [3.63, 3.8) is 0 Å². The molecule has 0 aliphatic carbocycles. The minimum atomic E-state index is -1.53. The van der Waals surface area contributed by atoms with E-state index in [0.29, 0.717) is 24.8 Å². The molecule has 1 rings (SSSR count). The average molecular weight is 564 g/mol. The number of hydrogen-bond donors (Lipinski definition) is 1. The number of carbonyl (C=O) groups is 4. The summed E-state index contributed by atoms with van der Waals surface area (Å²) in [7, 11) is 1.24. The maximum Gasteiger partial charge on any atom is 0.326 e. The van der Waals surface area contributed by atoms with Crippen LogP contribution in [0.4, 0.5) is 0 Å². The molecule has 0 spiro atoms. The molecule has 0 aromatic heterocycles. The Bertz CT molecular complexity index is 994. The molecule has 0 radical (unpaired) electrons. The van der Waals surface area contributed by atoms with Crippen LogP contribution >= 0.6 is 0 Å². The fourth-order valence-electron chi connectivity index (χ4n) is 4.56. The normalized spacial score (nSPS) is 15.6. The van der Waals surface area contributed by atoms with Crippen molar-refractivity contribution in [2.45, 2.75) is 111 Å². The minimum absolute atomic E-state index is 0.00159. The van der Waals surface area contributed by atoms with Gasteiger partial charge in [-0.05, 0) is 43.9 Å². The van der Waals surface area contributed by atoms with Gasteiger partial charge in [0.1, 0.15) is 11.6 Å². The predicted octanol–water partition coefficient (Wildman–Crippen LogP) is 5.54. The van der Waals surface area contributed by atoms with Crippen molar-refractivity contribution >= 4 is 23.9 Å². The quantitative estimate of drug-likeness (QED) is 0.192. The molecule has 0 amide bonds. The zero-order valence-electron chi connectivity index (χ0n) is 25.5. The van der Waals surface area contributed by atoms with Crippen LogP contribution in [0.1, 0.15) is 99.0 Å². The molecule has 9 heteroatoms. The molecule has 9 nitrogen and oxygen atoms in total. The first kappa shape index (κ1) is 35.1. The highest BCUT2D eigenvalue weighted by molar-refractivity contribution is 5.81. The number of nitrogens with two attached hydrogens (primary N) is 1. The van der Waals surface area contributed by atoms with Crippen LogP contribution in [0.2, 0.25) is 0 Å². The molecule has 1 aromatic carbocycles. The second-order valence-electron chi connectivity index (χ2n) is 11.0. The van der Waals surface area contributed by atoms with Crippen molar-refractivity contribution in [1.82, 2.24) is 0 Å². The van der Waals surface area contributed by atoms with Crippen molar-refractivity contribution in [3.8, 4) is 11.5 Å². The number of methoxy groups -OCH3 is 1. The first-order valence-electron chi connectivity index (χ1n) is 14.5. The first-order chi connectivity index (χ1) is 18.8. The minimum Gasteiger partial charge on any atom is -0.468 e. The highest BCUT2D eigenvalue weighted by atomic mass is 16.6. The summed E-state index contributed by atoms with van der Waals surface area (Å²) in [5, 5.41) is 0. The highest BCUT2D eigenvalue weighted by Crippen LogP contribution is 2.33. The van der Waals surface area contributed by atoms with Gasteiger partial charge in [-0.2, -0.15) is 0 Å². The fourth-order valence-corrected chi connectivity index (χ4v) is 4.56. The molecule has 2 N–H and O–H groups in total. The van der Waals surface area contributed by atoms with Crippen LogP contribution in [0, 0.1) is 17.8 Å². The molecule has 0 bridgehead atoms. The standard InChI is InChI=1S/C31H49NO8/c1-9-12-20(4)27(33)38-23(7)18-31(32,30(36)37-8)19-24-15-16-25(39-28(34)21(5)13-10-2)26(17-24)40-29(35)22(6)14-11-3/h15-17,20-23H,9-14,18-19,32H2,1-8H3/t20?,21?,22?,23?,31-/m1/s1. The van der Waals surface area contributed by atoms with E-state index >= 15 is 0 Å². The van der Waals surface area contributed by atoms with E-state index in [2.05, 4.69) is 0 Å². The lowest BCUT2D eigenvalue weighted by Crippen LogP contribution is -2.53. The third-order valence-electron chi connectivity index (χ3n) is 6.88. The molecular weight excluding hydrogens is 514 g/mol. The van der Waals surface area contributed by atoms with Crippen LogP contribution in [0.25, 0.3) is 0 Å². The van der Waals surface area contributed by atoms with E-state index in [0.717, 1.165) is 19.3 Å². The number of carbonyl (C=O) groups excluding carboxylic acids is 4. The number of benzene rings is 1. The van der Waals surface area contributed by atoms with Crippen molar-refractivity contribution in [1.29, 1.82) is 0 Å². The Hall–Kier alpha value is -2.94. The van der Waals surface area contributed by atoms with E-state index in [1.165, 1.54) is 13.2 Å². The van der Waals surface area contributed by atoms with Gasteiger partial charge in [0.25, 0.3) is 0 Å². The van der Waals surface area contributed by atoms with Crippen LogP contribution in [-0.4, -0.2) is 42.6 Å². The zero-order valence-corrected chi connectivity index (χ0v) is 25.5. The van der Waals surface area contributed by atoms with Gasteiger partial charge in [-0.1, -0.05) is 66.9 Å². The van der Waals surface area contributed by atoms with Gasteiger partial charge in [0.05, 0.1) is 24.9 Å². The molecule has 0 saturated carbocycles. The highest BCUT2D eigenvalue weighted by Gasteiger charge is 2.38. The van der Waals surface area contributed by atoms with Gasteiger partial charge in [-0.25, -0.2) is 0 Å². The molecule has 4 unspecified atom stereocenters. The van der Waals surface area contributed by atoms with Gasteiger partial charge in [-0.15, -0.1) is 0 Å². The van der Waals surface area contributed by atoms with E-state index in [9.17, 15) is 19.2 Å². The lowest BCUT2D eigenvalue weighted by molar-refractivity contribution is -0.157. The Morgan fingerprint density at radius 1 is 0.775 bits per heavy atom. The van der Waals surface area contributed by atoms with E-state index in [4.69, 9.17) is 24.7 Å². The lowest BCUT2D eigenvalue weighted by atomic mass is 9.86. The molecule has 0 saturated heterocycles. The van der Waals surface area contributed by atoms with Crippen molar-refractivity contribution in [3.05, 3.63) is 23.8 Å². The van der Waals surface area contributed by atoms with E-state index in [-0.39, 0.29) is 48.1 Å². The maximum absolute atomic E-state index is 12.8. The maximum atomic E-state index is 12.8. The van der Waals surface area contributed by atoms with Gasteiger partial charge >= 0.3 is 23.9 Å². The van der Waals surface area contributed by atoms with Gasteiger partial charge in [0.15, 0.2) is 11.5 Å². The topological polar surface area (TPSA) is 131 Å². The SMILES string of the molecule is CCCC(C)C(=O)Oc1ccc(C[C@](N)(CC(C)OC(=O)C(C)CCC)C(=O)OC)cc1OC(=O)C(C)CCC. The molecule has 5 atom stereocenters. The summed E-state index contributed by atoms with van der Waals surface area (Å²) >= 11 is 0. The van der Waals surface area contributed by atoms with Gasteiger partial charge in [0.2, 0.25) is 0 Å². The second kappa shape index (κ2) is 17.0. The Labute approximate surface area is 239 Å². The van der Waals surface area contributed by atoms with Crippen LogP contribution in [0.3, 0.4) is 0 Å². The Kier molecular flexibility index (Phi) is 14.9. The third-order valence-corrected chi connectivity index (χ3v) is 6.88. The number of rotatable bonds is 17. The fraction of sp³-hybridized carbons (Fsp3) is 0.677. The first-order valence-corrected chi connectivity index (χ1v) is 14.5. The van der Waals surface area contributed by atoms with E-state index < -0.39 is 29.6 Å². The predicted molar refractivity (Wildman–Crippen MR) is 153 cm³/mol. The third kappa shape index (κ3) is 10.9. The monoisotopic (exact) mass is 563 g/mol. The summed E-state index contributed by atoms with van der Waals surface area (Å²) in [5.74, 6) is -2.66. The Balaban J connectivity index is 3.30. The van der Waals surface area contributed by atoms with Gasteiger partial charge in [-0.3, -0.25) is 19.2 Å². The number of ether oxygens (including phenoxy) is 4. The average Bonchev–Trinajstić information content (AvgIpc) is 2.89. The molecule has 0 aliphatic heterocycles. The summed E-state index contributed by atoms with van der Waals surface area (Å²) in [6.45, 7) is 13.0. The van der Waals surface area contributed by atoms with E-state index in [1.807, 2.05) is 20.8 Å². The Morgan fingerprint density at radius 3 is 1.73 bits per heavy atom. The summed E-state index contributed by atoms with van der Waals surface area (Å²) in [5.41, 5.74) is 5.59. The summed E-state index contributed by atoms with van der Waals surface area (Å²) < 4.78 is 21.9. The second-order valence-corrected chi connectivity index (χ2v) is 11.0.